The Hall–Kier alpha value is -1.72. The smallest absolute Gasteiger partial charge is 0.140 e. The molecule has 3 aromatic rings. The number of hydrogen-bond donors (Lipinski definition) is 1. The molecule has 0 amide bonds. The van der Waals surface area contributed by atoms with Crippen molar-refractivity contribution in [3.63, 3.8) is 0 Å². The zero-order chi connectivity index (χ0) is 13.4. The second kappa shape index (κ2) is 4.75. The molecule has 0 aliphatic heterocycles. The monoisotopic (exact) mass is 317 g/mol. The zero-order valence-electron chi connectivity index (χ0n) is 10.3. The lowest BCUT2D eigenvalue weighted by molar-refractivity contribution is 0.276. The van der Waals surface area contributed by atoms with Gasteiger partial charge in [0.2, 0.25) is 0 Å². The van der Waals surface area contributed by atoms with E-state index in [1.807, 2.05) is 35.7 Å². The molecule has 3 heterocycles. The quantitative estimate of drug-likeness (QED) is 0.790. The summed E-state index contributed by atoms with van der Waals surface area (Å²) in [5.74, 6) is 0. The van der Waals surface area contributed by atoms with E-state index in [0.29, 0.717) is 0 Å². The van der Waals surface area contributed by atoms with E-state index < -0.39 is 0 Å². The molecule has 19 heavy (non-hydrogen) atoms. The number of halogens is 1. The van der Waals surface area contributed by atoms with Crippen molar-refractivity contribution in [2.75, 3.05) is 0 Å². The highest BCUT2D eigenvalue weighted by Gasteiger charge is 2.14. The maximum Gasteiger partial charge on any atom is 0.140 e. The molecule has 0 spiro atoms. The van der Waals surface area contributed by atoms with Crippen molar-refractivity contribution < 1.29 is 5.11 Å². The van der Waals surface area contributed by atoms with Crippen molar-refractivity contribution in [3.05, 3.63) is 52.5 Å². The second-order valence-electron chi connectivity index (χ2n) is 4.34. The number of fused-ring (bicyclic) bond motifs is 1. The third-order valence-corrected chi connectivity index (χ3v) is 3.51. The SMILES string of the molecule is Cc1cc(Br)cn2c(CO)c(-c3ccncc3)nc12. The summed E-state index contributed by atoms with van der Waals surface area (Å²) in [5.41, 5.74) is 4.46. The number of aliphatic hydroxyl groups is 1. The van der Waals surface area contributed by atoms with E-state index in [4.69, 9.17) is 0 Å². The Bertz CT molecular complexity index is 737. The van der Waals surface area contributed by atoms with E-state index in [2.05, 4.69) is 25.9 Å². The molecule has 0 atom stereocenters. The molecular formula is C14H12BrN3O. The molecule has 4 nitrogen and oxygen atoms in total. The van der Waals surface area contributed by atoms with Crippen LogP contribution >= 0.6 is 15.9 Å². The topological polar surface area (TPSA) is 50.4 Å². The second-order valence-corrected chi connectivity index (χ2v) is 5.25. The summed E-state index contributed by atoms with van der Waals surface area (Å²) in [5, 5.41) is 9.66. The van der Waals surface area contributed by atoms with Crippen molar-refractivity contribution in [3.8, 4) is 11.3 Å². The van der Waals surface area contributed by atoms with E-state index in [1.54, 1.807) is 12.4 Å². The molecule has 96 valence electrons. The predicted octanol–water partition coefficient (Wildman–Crippen LogP) is 2.96. The molecule has 0 radical (unpaired) electrons. The maximum atomic E-state index is 9.66. The molecule has 5 heteroatoms. The van der Waals surface area contributed by atoms with Gasteiger partial charge < -0.3 is 5.11 Å². The van der Waals surface area contributed by atoms with Crippen LogP contribution in [0.25, 0.3) is 16.9 Å². The van der Waals surface area contributed by atoms with Gasteiger partial charge in [0.1, 0.15) is 5.65 Å². The number of hydrogen-bond acceptors (Lipinski definition) is 3. The van der Waals surface area contributed by atoms with Gasteiger partial charge in [0.05, 0.1) is 18.0 Å². The molecule has 0 bridgehead atoms. The normalized spacial score (nSPS) is 11.1. The van der Waals surface area contributed by atoms with Crippen LogP contribution in [-0.4, -0.2) is 19.5 Å². The summed E-state index contributed by atoms with van der Waals surface area (Å²) in [4.78, 5) is 8.66. The predicted molar refractivity (Wildman–Crippen MR) is 76.8 cm³/mol. The molecule has 0 saturated heterocycles. The maximum absolute atomic E-state index is 9.66. The van der Waals surface area contributed by atoms with Gasteiger partial charge in [0.25, 0.3) is 0 Å². The zero-order valence-corrected chi connectivity index (χ0v) is 11.9. The molecule has 0 unspecified atom stereocenters. The first-order chi connectivity index (χ1) is 9.20. The molecule has 0 fully saturated rings. The molecule has 0 saturated carbocycles. The fourth-order valence-electron chi connectivity index (χ4n) is 2.21. The van der Waals surface area contributed by atoms with Gasteiger partial charge >= 0.3 is 0 Å². The molecule has 0 aromatic carbocycles. The van der Waals surface area contributed by atoms with Crippen LogP contribution in [0.15, 0.2) is 41.3 Å². The average molecular weight is 318 g/mol. The highest BCUT2D eigenvalue weighted by molar-refractivity contribution is 9.10. The standard InChI is InChI=1S/C14H12BrN3O/c1-9-6-11(15)7-18-12(8-19)13(17-14(9)18)10-2-4-16-5-3-10/h2-7,19H,8H2,1H3. The van der Waals surface area contributed by atoms with Crippen LogP contribution in [0.3, 0.4) is 0 Å². The van der Waals surface area contributed by atoms with Gasteiger partial charge in [-0.15, -0.1) is 0 Å². The van der Waals surface area contributed by atoms with Crippen molar-refractivity contribution in [1.29, 1.82) is 0 Å². The van der Waals surface area contributed by atoms with E-state index in [9.17, 15) is 5.11 Å². The summed E-state index contributed by atoms with van der Waals surface area (Å²) >= 11 is 3.47. The van der Waals surface area contributed by atoms with Crippen LogP contribution in [-0.2, 0) is 6.61 Å². The third-order valence-electron chi connectivity index (χ3n) is 3.07. The molecule has 0 aliphatic rings. The highest BCUT2D eigenvalue weighted by Crippen LogP contribution is 2.27. The highest BCUT2D eigenvalue weighted by atomic mass is 79.9. The fraction of sp³-hybridized carbons (Fsp3) is 0.143. The van der Waals surface area contributed by atoms with Crippen LogP contribution in [0.2, 0.25) is 0 Å². The average Bonchev–Trinajstić information content (AvgIpc) is 2.78. The van der Waals surface area contributed by atoms with E-state index in [1.165, 1.54) is 0 Å². The third kappa shape index (κ3) is 2.05. The number of aromatic nitrogens is 3. The van der Waals surface area contributed by atoms with Crippen LogP contribution < -0.4 is 0 Å². The Morgan fingerprint density at radius 2 is 2.05 bits per heavy atom. The number of imidazole rings is 1. The van der Waals surface area contributed by atoms with E-state index >= 15 is 0 Å². The number of aliphatic hydroxyl groups excluding tert-OH is 1. The molecule has 1 N–H and O–H groups in total. The minimum absolute atomic E-state index is 0.0608. The van der Waals surface area contributed by atoms with Crippen molar-refractivity contribution in [1.82, 2.24) is 14.4 Å². The summed E-state index contributed by atoms with van der Waals surface area (Å²) in [6.07, 6.45) is 5.37. The lowest BCUT2D eigenvalue weighted by atomic mass is 10.1. The Morgan fingerprint density at radius 1 is 1.32 bits per heavy atom. The first kappa shape index (κ1) is 12.3. The molecule has 3 aromatic heterocycles. The first-order valence-corrected chi connectivity index (χ1v) is 6.68. The fourth-order valence-corrected chi connectivity index (χ4v) is 2.76. The first-order valence-electron chi connectivity index (χ1n) is 5.89. The van der Waals surface area contributed by atoms with E-state index in [-0.39, 0.29) is 6.61 Å². The Balaban J connectivity index is 2.35. The van der Waals surface area contributed by atoms with Gasteiger partial charge in [0, 0.05) is 28.6 Å². The summed E-state index contributed by atoms with van der Waals surface area (Å²) in [6.45, 7) is 1.94. The van der Waals surface area contributed by atoms with Gasteiger partial charge in [0.15, 0.2) is 0 Å². The number of aryl methyl sites for hydroxylation is 1. The largest absolute Gasteiger partial charge is 0.390 e. The number of nitrogens with zero attached hydrogens (tertiary/aromatic N) is 3. The van der Waals surface area contributed by atoms with Crippen LogP contribution in [0.1, 0.15) is 11.3 Å². The Labute approximate surface area is 118 Å². The summed E-state index contributed by atoms with van der Waals surface area (Å²) in [7, 11) is 0. The van der Waals surface area contributed by atoms with Crippen LogP contribution in [0, 0.1) is 6.92 Å². The van der Waals surface area contributed by atoms with Gasteiger partial charge in [-0.05, 0) is 46.6 Å². The van der Waals surface area contributed by atoms with E-state index in [0.717, 1.165) is 32.6 Å². The Morgan fingerprint density at radius 3 is 2.74 bits per heavy atom. The Kier molecular flexibility index (Phi) is 3.08. The minimum atomic E-state index is -0.0608. The summed E-state index contributed by atoms with van der Waals surface area (Å²) in [6, 6.07) is 5.80. The van der Waals surface area contributed by atoms with Gasteiger partial charge in [-0.25, -0.2) is 4.98 Å². The van der Waals surface area contributed by atoms with Crippen molar-refractivity contribution >= 4 is 21.6 Å². The van der Waals surface area contributed by atoms with Gasteiger partial charge in [-0.3, -0.25) is 9.38 Å². The molecular weight excluding hydrogens is 306 g/mol. The van der Waals surface area contributed by atoms with Crippen molar-refractivity contribution in [2.24, 2.45) is 0 Å². The van der Waals surface area contributed by atoms with Crippen LogP contribution in [0.5, 0.6) is 0 Å². The number of rotatable bonds is 2. The molecule has 0 aliphatic carbocycles. The lowest BCUT2D eigenvalue weighted by Gasteiger charge is -2.03. The van der Waals surface area contributed by atoms with Gasteiger partial charge in [-0.2, -0.15) is 0 Å². The summed E-state index contributed by atoms with van der Waals surface area (Å²) < 4.78 is 2.89. The number of pyridine rings is 2. The lowest BCUT2D eigenvalue weighted by Crippen LogP contribution is -1.95. The van der Waals surface area contributed by atoms with Crippen LogP contribution in [0.4, 0.5) is 0 Å². The minimum Gasteiger partial charge on any atom is -0.390 e. The van der Waals surface area contributed by atoms with Crippen molar-refractivity contribution in [2.45, 2.75) is 13.5 Å². The van der Waals surface area contributed by atoms with Gasteiger partial charge in [-0.1, -0.05) is 0 Å². The molecule has 3 rings (SSSR count).